The van der Waals surface area contributed by atoms with Crippen LogP contribution < -0.4 is 10.6 Å². The van der Waals surface area contributed by atoms with Crippen molar-refractivity contribution in [1.29, 1.82) is 0 Å². The van der Waals surface area contributed by atoms with Crippen molar-refractivity contribution in [3.05, 3.63) is 28.8 Å². The second-order valence-electron chi connectivity index (χ2n) is 5.09. The average Bonchev–Trinajstić information content (AvgIpc) is 2.31. The highest BCUT2D eigenvalue weighted by Gasteiger charge is 2.23. The smallest absolute Gasteiger partial charge is 0.153 e. The van der Waals surface area contributed by atoms with E-state index in [4.69, 9.17) is 17.3 Å². The number of nitrogens with zero attached hydrogens (tertiary/aromatic N) is 1. The van der Waals surface area contributed by atoms with Gasteiger partial charge in [-0.3, -0.25) is 0 Å². The zero-order valence-electron chi connectivity index (χ0n) is 11.0. The van der Waals surface area contributed by atoms with Gasteiger partial charge in [0.15, 0.2) is 9.84 Å². The fraction of sp³-hybridized carbons (Fsp3) is 0.538. The molecule has 0 radical (unpaired) electrons. The van der Waals surface area contributed by atoms with Gasteiger partial charge < -0.3 is 10.6 Å². The minimum Gasteiger partial charge on any atom is -0.369 e. The molecule has 1 aliphatic rings. The molecule has 0 saturated carbocycles. The first-order valence-corrected chi connectivity index (χ1v) is 8.57. The maximum atomic E-state index is 11.5. The van der Waals surface area contributed by atoms with E-state index < -0.39 is 9.84 Å². The molecule has 19 heavy (non-hydrogen) atoms. The third-order valence-electron chi connectivity index (χ3n) is 3.27. The van der Waals surface area contributed by atoms with Gasteiger partial charge >= 0.3 is 0 Å². The molecule has 0 aliphatic carbocycles. The molecule has 1 atom stereocenters. The van der Waals surface area contributed by atoms with E-state index in [9.17, 15) is 8.42 Å². The number of benzene rings is 1. The maximum absolute atomic E-state index is 11.5. The summed E-state index contributed by atoms with van der Waals surface area (Å²) in [4.78, 5) is 2.09. The second kappa shape index (κ2) is 5.69. The Hall–Kier alpha value is -0.780. The monoisotopic (exact) mass is 302 g/mol. The van der Waals surface area contributed by atoms with Gasteiger partial charge in [0, 0.05) is 29.8 Å². The van der Waals surface area contributed by atoms with Crippen molar-refractivity contribution in [2.75, 3.05) is 29.5 Å². The van der Waals surface area contributed by atoms with Crippen molar-refractivity contribution >= 4 is 27.1 Å². The third-order valence-corrected chi connectivity index (χ3v) is 5.12. The Labute approximate surface area is 119 Å². The van der Waals surface area contributed by atoms with Crippen LogP contribution in [0.1, 0.15) is 12.5 Å². The van der Waals surface area contributed by atoms with Crippen molar-refractivity contribution in [2.45, 2.75) is 19.4 Å². The lowest BCUT2D eigenvalue weighted by Gasteiger charge is -2.31. The van der Waals surface area contributed by atoms with Crippen LogP contribution in [0.15, 0.2) is 18.2 Å². The molecule has 1 saturated heterocycles. The number of nitrogens with two attached hydrogens (primary N) is 1. The molecule has 1 aromatic carbocycles. The van der Waals surface area contributed by atoms with Gasteiger partial charge in [0.25, 0.3) is 0 Å². The summed E-state index contributed by atoms with van der Waals surface area (Å²) in [5.41, 5.74) is 7.99. The Bertz CT molecular complexity index is 544. The van der Waals surface area contributed by atoms with Gasteiger partial charge in [-0.25, -0.2) is 8.42 Å². The van der Waals surface area contributed by atoms with Crippen molar-refractivity contribution in [1.82, 2.24) is 0 Å². The minimum absolute atomic E-state index is 0.0634. The molecule has 106 valence electrons. The van der Waals surface area contributed by atoms with Crippen LogP contribution in [0.25, 0.3) is 0 Å². The molecular weight excluding hydrogens is 284 g/mol. The quantitative estimate of drug-likeness (QED) is 0.918. The van der Waals surface area contributed by atoms with Crippen LogP contribution in [0.5, 0.6) is 0 Å². The van der Waals surface area contributed by atoms with E-state index in [1.54, 1.807) is 0 Å². The molecule has 1 aromatic rings. The SMILES string of the molecule is CC(N)Cc1ccc(Cl)cc1N1CCS(=O)(=O)CC1. The summed E-state index contributed by atoms with van der Waals surface area (Å²) in [6.07, 6.45) is 0.760. The number of halogens is 1. The Balaban J connectivity index is 2.25. The zero-order chi connectivity index (χ0) is 14.0. The van der Waals surface area contributed by atoms with Crippen LogP contribution in [0.2, 0.25) is 5.02 Å². The summed E-state index contributed by atoms with van der Waals surface area (Å²) in [6, 6.07) is 5.79. The van der Waals surface area contributed by atoms with E-state index in [0.717, 1.165) is 17.7 Å². The van der Waals surface area contributed by atoms with Crippen LogP contribution in [0.3, 0.4) is 0 Å². The lowest BCUT2D eigenvalue weighted by atomic mass is 10.0. The molecule has 0 bridgehead atoms. The number of sulfone groups is 1. The van der Waals surface area contributed by atoms with E-state index >= 15 is 0 Å². The van der Waals surface area contributed by atoms with E-state index in [1.165, 1.54) is 0 Å². The largest absolute Gasteiger partial charge is 0.369 e. The number of anilines is 1. The number of hydrogen-bond donors (Lipinski definition) is 1. The Morgan fingerprint density at radius 2 is 2.00 bits per heavy atom. The lowest BCUT2D eigenvalue weighted by Crippen LogP contribution is -2.40. The van der Waals surface area contributed by atoms with E-state index in [1.807, 2.05) is 25.1 Å². The molecular formula is C13H19ClN2O2S. The van der Waals surface area contributed by atoms with E-state index in [0.29, 0.717) is 18.1 Å². The zero-order valence-corrected chi connectivity index (χ0v) is 12.5. The van der Waals surface area contributed by atoms with E-state index in [2.05, 4.69) is 4.90 Å². The topological polar surface area (TPSA) is 63.4 Å². The minimum atomic E-state index is -2.87. The summed E-state index contributed by atoms with van der Waals surface area (Å²) in [6.45, 7) is 3.00. The summed E-state index contributed by atoms with van der Waals surface area (Å²) in [5, 5.41) is 0.664. The van der Waals surface area contributed by atoms with Gasteiger partial charge in [-0.2, -0.15) is 0 Å². The highest BCUT2D eigenvalue weighted by atomic mass is 35.5. The first-order chi connectivity index (χ1) is 8.87. The number of hydrogen-bond acceptors (Lipinski definition) is 4. The molecule has 1 unspecified atom stereocenters. The van der Waals surface area contributed by atoms with Crippen molar-refractivity contribution < 1.29 is 8.42 Å². The summed E-state index contributed by atoms with van der Waals surface area (Å²) >= 11 is 6.05. The Kier molecular flexibility index (Phi) is 4.38. The molecule has 2 rings (SSSR count). The van der Waals surface area contributed by atoms with Crippen molar-refractivity contribution in [3.63, 3.8) is 0 Å². The van der Waals surface area contributed by atoms with Crippen LogP contribution in [-0.2, 0) is 16.3 Å². The predicted octanol–water partition coefficient (Wildman–Crippen LogP) is 1.46. The van der Waals surface area contributed by atoms with Crippen LogP contribution in [0.4, 0.5) is 5.69 Å². The van der Waals surface area contributed by atoms with Gasteiger partial charge in [-0.15, -0.1) is 0 Å². The lowest BCUT2D eigenvalue weighted by molar-refractivity contribution is 0.586. The standard InChI is InChI=1S/C13H19ClN2O2S/c1-10(15)8-11-2-3-12(14)9-13(11)16-4-6-19(17,18)7-5-16/h2-3,9-10H,4-8,15H2,1H3. The molecule has 1 aliphatic heterocycles. The van der Waals surface area contributed by atoms with Gasteiger partial charge in [-0.05, 0) is 31.0 Å². The molecule has 1 heterocycles. The molecule has 2 N–H and O–H groups in total. The highest BCUT2D eigenvalue weighted by molar-refractivity contribution is 7.91. The highest BCUT2D eigenvalue weighted by Crippen LogP contribution is 2.27. The van der Waals surface area contributed by atoms with E-state index in [-0.39, 0.29) is 17.5 Å². The Morgan fingerprint density at radius 1 is 1.37 bits per heavy atom. The maximum Gasteiger partial charge on any atom is 0.153 e. The predicted molar refractivity (Wildman–Crippen MR) is 79.7 cm³/mol. The van der Waals surface area contributed by atoms with Gasteiger partial charge in [0.05, 0.1) is 11.5 Å². The van der Waals surface area contributed by atoms with Crippen molar-refractivity contribution in [3.8, 4) is 0 Å². The number of rotatable bonds is 3. The molecule has 0 amide bonds. The van der Waals surface area contributed by atoms with Crippen LogP contribution >= 0.6 is 11.6 Å². The first kappa shape index (κ1) is 14.6. The van der Waals surface area contributed by atoms with Gasteiger partial charge in [-0.1, -0.05) is 17.7 Å². The average molecular weight is 303 g/mol. The normalized spacial score (nSPS) is 20.3. The fourth-order valence-corrected chi connectivity index (χ4v) is 3.67. The van der Waals surface area contributed by atoms with Crippen LogP contribution in [-0.4, -0.2) is 39.1 Å². The fourth-order valence-electron chi connectivity index (χ4n) is 2.30. The van der Waals surface area contributed by atoms with Gasteiger partial charge in [0.2, 0.25) is 0 Å². The molecule has 4 nitrogen and oxygen atoms in total. The third kappa shape index (κ3) is 3.84. The summed E-state index contributed by atoms with van der Waals surface area (Å²) < 4.78 is 23.0. The van der Waals surface area contributed by atoms with Crippen LogP contribution in [0, 0.1) is 0 Å². The molecule has 6 heteroatoms. The summed E-state index contributed by atoms with van der Waals surface area (Å²) in [5.74, 6) is 0.411. The Morgan fingerprint density at radius 3 is 2.58 bits per heavy atom. The first-order valence-electron chi connectivity index (χ1n) is 6.37. The van der Waals surface area contributed by atoms with Gasteiger partial charge in [0.1, 0.15) is 0 Å². The molecule has 1 fully saturated rings. The second-order valence-corrected chi connectivity index (χ2v) is 7.83. The van der Waals surface area contributed by atoms with Crippen molar-refractivity contribution in [2.24, 2.45) is 5.73 Å². The molecule has 0 aromatic heterocycles. The molecule has 0 spiro atoms. The summed E-state index contributed by atoms with van der Waals surface area (Å²) in [7, 11) is -2.87.